The summed E-state index contributed by atoms with van der Waals surface area (Å²) >= 11 is 0. The maximum atomic E-state index is 5.92. The molecule has 5 heteroatoms. The van der Waals surface area contributed by atoms with E-state index >= 15 is 0 Å². The minimum Gasteiger partial charge on any atom is -0.457 e. The Kier molecular flexibility index (Phi) is 4.90. The molecule has 5 nitrogen and oxygen atoms in total. The van der Waals surface area contributed by atoms with E-state index in [2.05, 4.69) is 27.5 Å². The van der Waals surface area contributed by atoms with E-state index in [4.69, 9.17) is 4.74 Å². The van der Waals surface area contributed by atoms with E-state index in [0.717, 1.165) is 47.7 Å². The van der Waals surface area contributed by atoms with Gasteiger partial charge in [0.2, 0.25) is 0 Å². The molecule has 0 unspecified atom stereocenters. The number of hydrogen-bond donors (Lipinski definition) is 2. The van der Waals surface area contributed by atoms with Crippen LogP contribution in [0.2, 0.25) is 0 Å². The van der Waals surface area contributed by atoms with Gasteiger partial charge in [-0.2, -0.15) is 5.10 Å². The van der Waals surface area contributed by atoms with Gasteiger partial charge in [-0.1, -0.05) is 18.2 Å². The van der Waals surface area contributed by atoms with Crippen molar-refractivity contribution >= 4 is 10.9 Å². The van der Waals surface area contributed by atoms with Crippen molar-refractivity contribution in [3.63, 3.8) is 0 Å². The largest absolute Gasteiger partial charge is 0.457 e. The van der Waals surface area contributed by atoms with Gasteiger partial charge >= 0.3 is 0 Å². The van der Waals surface area contributed by atoms with Gasteiger partial charge in [0.1, 0.15) is 11.5 Å². The number of aromatic amines is 1. The molecule has 0 amide bonds. The Morgan fingerprint density at radius 1 is 1.13 bits per heavy atom. The van der Waals surface area contributed by atoms with Crippen LogP contribution >= 0.6 is 0 Å². The van der Waals surface area contributed by atoms with Crippen LogP contribution < -0.4 is 10.1 Å². The lowest BCUT2D eigenvalue weighted by atomic mass is 10.2. The number of H-pyrrole nitrogens is 1. The highest BCUT2D eigenvalue weighted by Gasteiger charge is 2.09. The molecular formula is C18H22N4O. The third kappa shape index (κ3) is 3.88. The van der Waals surface area contributed by atoms with Gasteiger partial charge in [0.15, 0.2) is 0 Å². The first-order valence-corrected chi connectivity index (χ1v) is 7.79. The molecule has 2 N–H and O–H groups in total. The summed E-state index contributed by atoms with van der Waals surface area (Å²) in [4.78, 5) is 2.26. The fraction of sp³-hybridized carbons (Fsp3) is 0.278. The number of aromatic nitrogens is 2. The maximum Gasteiger partial charge on any atom is 0.128 e. The predicted octanol–water partition coefficient (Wildman–Crippen LogP) is 3.01. The minimum absolute atomic E-state index is 0.823. The van der Waals surface area contributed by atoms with E-state index in [1.165, 1.54) is 0 Å². The molecule has 120 valence electrons. The average Bonchev–Trinajstić information content (AvgIpc) is 2.96. The smallest absolute Gasteiger partial charge is 0.128 e. The van der Waals surface area contributed by atoms with Crippen molar-refractivity contribution in [2.24, 2.45) is 0 Å². The maximum absolute atomic E-state index is 5.92. The highest BCUT2D eigenvalue weighted by atomic mass is 16.5. The Bertz CT molecular complexity index is 754. The van der Waals surface area contributed by atoms with Crippen molar-refractivity contribution in [2.75, 3.05) is 27.2 Å². The zero-order valence-corrected chi connectivity index (χ0v) is 13.5. The van der Waals surface area contributed by atoms with Crippen LogP contribution in [0.15, 0.2) is 48.5 Å². The molecule has 0 saturated carbocycles. The summed E-state index contributed by atoms with van der Waals surface area (Å²) in [7, 11) is 4.07. The van der Waals surface area contributed by atoms with Crippen molar-refractivity contribution < 1.29 is 4.74 Å². The molecule has 1 aromatic heterocycles. The van der Waals surface area contributed by atoms with Gasteiger partial charge in [-0.05, 0) is 44.4 Å². The molecular weight excluding hydrogens is 288 g/mol. The van der Waals surface area contributed by atoms with E-state index in [9.17, 15) is 0 Å². The Morgan fingerprint density at radius 2 is 1.96 bits per heavy atom. The summed E-state index contributed by atoms with van der Waals surface area (Å²) in [5.41, 5.74) is 2.07. The molecule has 0 aliphatic carbocycles. The fourth-order valence-corrected chi connectivity index (χ4v) is 2.50. The summed E-state index contributed by atoms with van der Waals surface area (Å²) in [6.07, 6.45) is 0. The molecule has 2 aromatic carbocycles. The second kappa shape index (κ2) is 7.26. The number of hydrogen-bond acceptors (Lipinski definition) is 4. The number of ether oxygens (including phenoxy) is 1. The molecule has 23 heavy (non-hydrogen) atoms. The SMILES string of the molecule is CNCCN(C)Cc1[nH]nc2ccc(Oc3ccccc3)cc12. The number of likely N-dealkylation sites (N-methyl/N-ethyl adjacent to an activating group) is 2. The fourth-order valence-electron chi connectivity index (χ4n) is 2.50. The van der Waals surface area contributed by atoms with E-state index in [-0.39, 0.29) is 0 Å². The second-order valence-corrected chi connectivity index (χ2v) is 5.64. The van der Waals surface area contributed by atoms with Crippen LogP contribution in [-0.2, 0) is 6.54 Å². The van der Waals surface area contributed by atoms with Crippen molar-refractivity contribution in [3.05, 3.63) is 54.2 Å². The lowest BCUT2D eigenvalue weighted by molar-refractivity contribution is 0.325. The first kappa shape index (κ1) is 15.5. The van der Waals surface area contributed by atoms with Gasteiger partial charge in [0, 0.05) is 25.0 Å². The Labute approximate surface area is 136 Å². The standard InChI is InChI=1S/C18H22N4O/c1-19-10-11-22(2)13-18-16-12-15(8-9-17(16)20-21-18)23-14-6-4-3-5-7-14/h3-9,12,19H,10-11,13H2,1-2H3,(H,20,21). The first-order valence-electron chi connectivity index (χ1n) is 7.79. The van der Waals surface area contributed by atoms with Crippen LogP contribution in [0.5, 0.6) is 11.5 Å². The normalized spacial score (nSPS) is 11.3. The Morgan fingerprint density at radius 3 is 2.74 bits per heavy atom. The number of fused-ring (bicyclic) bond motifs is 1. The van der Waals surface area contributed by atoms with Crippen LogP contribution in [0.1, 0.15) is 5.69 Å². The van der Waals surface area contributed by atoms with Crippen molar-refractivity contribution in [2.45, 2.75) is 6.54 Å². The van der Waals surface area contributed by atoms with E-state index in [0.29, 0.717) is 0 Å². The molecule has 1 heterocycles. The molecule has 3 aromatic rings. The minimum atomic E-state index is 0.823. The zero-order chi connectivity index (χ0) is 16.1. The number of nitrogens with zero attached hydrogens (tertiary/aromatic N) is 2. The van der Waals surface area contributed by atoms with Gasteiger partial charge < -0.3 is 10.1 Å². The third-order valence-corrected chi connectivity index (χ3v) is 3.75. The van der Waals surface area contributed by atoms with Gasteiger partial charge in [0.25, 0.3) is 0 Å². The molecule has 0 spiro atoms. The predicted molar refractivity (Wildman–Crippen MR) is 92.9 cm³/mol. The van der Waals surface area contributed by atoms with Crippen LogP contribution in [0.25, 0.3) is 10.9 Å². The van der Waals surface area contributed by atoms with E-state index in [1.54, 1.807) is 0 Å². The summed E-state index contributed by atoms with van der Waals surface area (Å²) in [6, 6.07) is 15.8. The second-order valence-electron chi connectivity index (χ2n) is 5.64. The highest BCUT2D eigenvalue weighted by molar-refractivity contribution is 5.82. The van der Waals surface area contributed by atoms with Crippen LogP contribution in [0, 0.1) is 0 Å². The summed E-state index contributed by atoms with van der Waals surface area (Å²) < 4.78 is 5.92. The summed E-state index contributed by atoms with van der Waals surface area (Å²) in [6.45, 7) is 2.77. The topological polar surface area (TPSA) is 53.2 Å². The lowest BCUT2D eigenvalue weighted by Crippen LogP contribution is -2.27. The number of nitrogens with one attached hydrogen (secondary N) is 2. The highest BCUT2D eigenvalue weighted by Crippen LogP contribution is 2.26. The third-order valence-electron chi connectivity index (χ3n) is 3.75. The molecule has 0 fully saturated rings. The molecule has 0 aliphatic heterocycles. The van der Waals surface area contributed by atoms with Crippen LogP contribution in [0.4, 0.5) is 0 Å². The lowest BCUT2D eigenvalue weighted by Gasteiger charge is -2.15. The quantitative estimate of drug-likeness (QED) is 0.704. The number of para-hydroxylation sites is 1. The van der Waals surface area contributed by atoms with Gasteiger partial charge in [-0.25, -0.2) is 0 Å². The zero-order valence-electron chi connectivity index (χ0n) is 13.5. The first-order chi connectivity index (χ1) is 11.3. The van der Waals surface area contributed by atoms with Gasteiger partial charge in [0.05, 0.1) is 11.2 Å². The summed E-state index contributed by atoms with van der Waals surface area (Å²) in [5, 5.41) is 11.8. The van der Waals surface area contributed by atoms with Gasteiger partial charge in [-0.3, -0.25) is 10.00 Å². The average molecular weight is 310 g/mol. The van der Waals surface area contributed by atoms with Crippen molar-refractivity contribution in [1.29, 1.82) is 0 Å². The monoisotopic (exact) mass is 310 g/mol. The Balaban J connectivity index is 1.79. The number of benzene rings is 2. The molecule has 0 atom stereocenters. The van der Waals surface area contributed by atoms with E-state index < -0.39 is 0 Å². The van der Waals surface area contributed by atoms with Crippen molar-refractivity contribution in [3.8, 4) is 11.5 Å². The van der Waals surface area contributed by atoms with Crippen LogP contribution in [0.3, 0.4) is 0 Å². The van der Waals surface area contributed by atoms with Crippen molar-refractivity contribution in [1.82, 2.24) is 20.4 Å². The molecule has 0 aliphatic rings. The van der Waals surface area contributed by atoms with Crippen LogP contribution in [-0.4, -0.2) is 42.3 Å². The molecule has 0 bridgehead atoms. The molecule has 3 rings (SSSR count). The Hall–Kier alpha value is -2.37. The van der Waals surface area contributed by atoms with E-state index in [1.807, 2.05) is 55.6 Å². The summed E-state index contributed by atoms with van der Waals surface area (Å²) in [5.74, 6) is 1.66. The molecule has 0 radical (unpaired) electrons. The van der Waals surface area contributed by atoms with Gasteiger partial charge in [-0.15, -0.1) is 0 Å². The number of rotatable bonds is 7. The molecule has 0 saturated heterocycles.